The SMILES string of the molecule is CCCNC(=O)N(C)C[C@@H]1Oc2ncc(C#CCc3ccccc3)cc2C(=O)N([C@@H](C)CO)C[C@@H]1C. The number of urea groups is 1. The summed E-state index contributed by atoms with van der Waals surface area (Å²) in [6.45, 7) is 6.91. The number of ether oxygens (including phenoxy) is 1. The van der Waals surface area contributed by atoms with Gasteiger partial charge in [-0.25, -0.2) is 9.78 Å². The van der Waals surface area contributed by atoms with Gasteiger partial charge in [-0.3, -0.25) is 4.79 Å². The van der Waals surface area contributed by atoms with Crippen LogP contribution >= 0.6 is 0 Å². The highest BCUT2D eigenvalue weighted by atomic mass is 16.5. The molecule has 0 saturated carbocycles. The predicted octanol–water partition coefficient (Wildman–Crippen LogP) is 2.95. The normalized spacial score (nSPS) is 18.0. The van der Waals surface area contributed by atoms with Crippen LogP contribution in [0.2, 0.25) is 0 Å². The Kier molecular flexibility index (Phi) is 9.71. The highest BCUT2D eigenvalue weighted by molar-refractivity contribution is 5.97. The van der Waals surface area contributed by atoms with Crippen LogP contribution in [0.1, 0.15) is 48.7 Å². The van der Waals surface area contributed by atoms with Crippen molar-refractivity contribution in [3.63, 3.8) is 0 Å². The van der Waals surface area contributed by atoms with E-state index in [1.54, 1.807) is 29.1 Å². The van der Waals surface area contributed by atoms with Crippen molar-refractivity contribution in [2.45, 2.75) is 45.8 Å². The van der Waals surface area contributed by atoms with Gasteiger partial charge < -0.3 is 25.0 Å². The Balaban J connectivity index is 1.89. The number of likely N-dealkylation sites (N-methyl/N-ethyl adjacent to an activating group) is 1. The Labute approximate surface area is 213 Å². The number of carbonyl (C=O) groups excluding carboxylic acids is 2. The van der Waals surface area contributed by atoms with E-state index in [1.807, 2.05) is 51.1 Å². The lowest BCUT2D eigenvalue weighted by Crippen LogP contribution is -2.51. The molecule has 0 fully saturated rings. The fraction of sp³-hybridized carbons (Fsp3) is 0.464. The summed E-state index contributed by atoms with van der Waals surface area (Å²) in [5, 5.41) is 12.7. The fourth-order valence-corrected chi connectivity index (χ4v) is 3.95. The fourth-order valence-electron chi connectivity index (χ4n) is 3.95. The molecule has 0 radical (unpaired) electrons. The Hall–Kier alpha value is -3.57. The minimum atomic E-state index is -0.398. The molecule has 1 aromatic carbocycles. The van der Waals surface area contributed by atoms with Gasteiger partial charge in [-0.2, -0.15) is 0 Å². The number of aliphatic hydroxyl groups excluding tert-OH is 1. The molecule has 0 unspecified atom stereocenters. The van der Waals surface area contributed by atoms with Crippen LogP contribution in [0.5, 0.6) is 5.88 Å². The van der Waals surface area contributed by atoms with Crippen LogP contribution in [0, 0.1) is 17.8 Å². The summed E-state index contributed by atoms with van der Waals surface area (Å²) < 4.78 is 6.24. The largest absolute Gasteiger partial charge is 0.472 e. The molecule has 2 aromatic rings. The van der Waals surface area contributed by atoms with E-state index in [0.717, 1.165) is 12.0 Å². The quantitative estimate of drug-likeness (QED) is 0.580. The van der Waals surface area contributed by atoms with Crippen molar-refractivity contribution in [1.29, 1.82) is 0 Å². The van der Waals surface area contributed by atoms with Gasteiger partial charge >= 0.3 is 6.03 Å². The minimum Gasteiger partial charge on any atom is -0.472 e. The number of hydrogen-bond donors (Lipinski definition) is 2. The van der Waals surface area contributed by atoms with Crippen LogP contribution in [0.25, 0.3) is 0 Å². The third-order valence-corrected chi connectivity index (χ3v) is 6.22. The third kappa shape index (κ3) is 6.98. The molecule has 0 spiro atoms. The number of pyridine rings is 1. The smallest absolute Gasteiger partial charge is 0.317 e. The zero-order valence-electron chi connectivity index (χ0n) is 21.5. The first-order valence-corrected chi connectivity index (χ1v) is 12.4. The second-order valence-corrected chi connectivity index (χ2v) is 9.28. The molecule has 1 aliphatic heterocycles. The maximum absolute atomic E-state index is 13.5. The van der Waals surface area contributed by atoms with Crippen molar-refractivity contribution in [2.75, 3.05) is 33.3 Å². The number of hydrogen-bond acceptors (Lipinski definition) is 5. The van der Waals surface area contributed by atoms with E-state index in [4.69, 9.17) is 4.74 Å². The average Bonchev–Trinajstić information content (AvgIpc) is 2.89. The molecule has 1 aromatic heterocycles. The molecule has 3 atom stereocenters. The van der Waals surface area contributed by atoms with E-state index in [1.165, 1.54) is 0 Å². The van der Waals surface area contributed by atoms with Gasteiger partial charge in [-0.05, 0) is 25.0 Å². The number of aromatic nitrogens is 1. The first kappa shape index (κ1) is 27.0. The number of nitrogens with zero attached hydrogens (tertiary/aromatic N) is 3. The first-order chi connectivity index (χ1) is 17.3. The number of amides is 3. The van der Waals surface area contributed by atoms with E-state index in [-0.39, 0.29) is 36.4 Å². The molecule has 3 rings (SSSR count). The lowest BCUT2D eigenvalue weighted by Gasteiger charge is -2.37. The zero-order valence-corrected chi connectivity index (χ0v) is 21.5. The van der Waals surface area contributed by atoms with Gasteiger partial charge in [0.25, 0.3) is 5.91 Å². The number of benzene rings is 1. The van der Waals surface area contributed by atoms with Crippen LogP contribution in [-0.2, 0) is 6.42 Å². The first-order valence-electron chi connectivity index (χ1n) is 12.4. The Morgan fingerprint density at radius 2 is 2.11 bits per heavy atom. The summed E-state index contributed by atoms with van der Waals surface area (Å²) in [5.74, 6) is 6.08. The van der Waals surface area contributed by atoms with E-state index in [0.29, 0.717) is 37.2 Å². The number of carbonyl (C=O) groups is 2. The summed E-state index contributed by atoms with van der Waals surface area (Å²) in [6.07, 6.45) is 2.64. The highest BCUT2D eigenvalue weighted by Gasteiger charge is 2.34. The molecule has 36 heavy (non-hydrogen) atoms. The van der Waals surface area contributed by atoms with Crippen LogP contribution in [0.15, 0.2) is 42.6 Å². The molecule has 192 valence electrons. The van der Waals surface area contributed by atoms with Crippen LogP contribution < -0.4 is 10.1 Å². The molecule has 2 N–H and O–H groups in total. The van der Waals surface area contributed by atoms with Gasteiger partial charge in [-0.15, -0.1) is 0 Å². The summed E-state index contributed by atoms with van der Waals surface area (Å²) in [5.41, 5.74) is 2.02. The maximum atomic E-state index is 13.5. The number of nitrogens with one attached hydrogen (secondary N) is 1. The number of rotatable bonds is 7. The molecule has 0 saturated heterocycles. The lowest BCUT2D eigenvalue weighted by molar-refractivity contribution is 0.0352. The molecule has 1 aliphatic rings. The van der Waals surface area contributed by atoms with Crippen molar-refractivity contribution in [3.05, 3.63) is 59.3 Å². The van der Waals surface area contributed by atoms with Crippen molar-refractivity contribution in [1.82, 2.24) is 20.1 Å². The van der Waals surface area contributed by atoms with E-state index in [9.17, 15) is 14.7 Å². The monoisotopic (exact) mass is 492 g/mol. The van der Waals surface area contributed by atoms with Crippen molar-refractivity contribution < 1.29 is 19.4 Å². The maximum Gasteiger partial charge on any atom is 0.317 e. The Morgan fingerprint density at radius 3 is 2.81 bits per heavy atom. The second-order valence-electron chi connectivity index (χ2n) is 9.28. The molecular formula is C28H36N4O4. The van der Waals surface area contributed by atoms with Crippen molar-refractivity contribution in [3.8, 4) is 17.7 Å². The van der Waals surface area contributed by atoms with Gasteiger partial charge in [0.05, 0.1) is 19.2 Å². The van der Waals surface area contributed by atoms with E-state index < -0.39 is 6.10 Å². The standard InChI is InChI=1S/C28H36N4O4/c1-5-14-29-28(35)31(4)18-25-20(2)17-32(21(3)19-33)27(34)24-15-23(16-30-26(24)36-25)13-9-12-22-10-7-6-8-11-22/h6-8,10-11,15-16,20-21,25,33H,5,12,14,17-19H2,1-4H3,(H,29,35)/t20-,21-,25-/m0/s1. The lowest BCUT2D eigenvalue weighted by atomic mass is 10.00. The molecule has 8 nitrogen and oxygen atoms in total. The Bertz CT molecular complexity index is 1100. The second kappa shape index (κ2) is 12.9. The number of aliphatic hydroxyl groups is 1. The predicted molar refractivity (Wildman–Crippen MR) is 139 cm³/mol. The summed E-state index contributed by atoms with van der Waals surface area (Å²) in [4.78, 5) is 33.6. The molecule has 3 amide bonds. The van der Waals surface area contributed by atoms with E-state index in [2.05, 4.69) is 22.1 Å². The topological polar surface area (TPSA) is 95.0 Å². The summed E-state index contributed by atoms with van der Waals surface area (Å²) in [6, 6.07) is 11.1. The van der Waals surface area contributed by atoms with Gasteiger partial charge in [-0.1, -0.05) is 56.0 Å². The minimum absolute atomic E-state index is 0.107. The third-order valence-electron chi connectivity index (χ3n) is 6.22. The van der Waals surface area contributed by atoms with E-state index >= 15 is 0 Å². The van der Waals surface area contributed by atoms with Crippen LogP contribution in [0.3, 0.4) is 0 Å². The van der Waals surface area contributed by atoms with Gasteiger partial charge in [0.1, 0.15) is 11.7 Å². The molecule has 0 aliphatic carbocycles. The zero-order chi connectivity index (χ0) is 26.1. The highest BCUT2D eigenvalue weighted by Crippen LogP contribution is 2.27. The molecule has 2 heterocycles. The van der Waals surface area contributed by atoms with Crippen LogP contribution in [0.4, 0.5) is 4.79 Å². The molecule has 8 heteroatoms. The Morgan fingerprint density at radius 1 is 1.36 bits per heavy atom. The summed E-state index contributed by atoms with van der Waals surface area (Å²) >= 11 is 0. The number of fused-ring (bicyclic) bond motifs is 1. The van der Waals surface area contributed by atoms with Gasteiger partial charge in [0.15, 0.2) is 0 Å². The van der Waals surface area contributed by atoms with Crippen molar-refractivity contribution >= 4 is 11.9 Å². The summed E-state index contributed by atoms with van der Waals surface area (Å²) in [7, 11) is 1.72. The molecular weight excluding hydrogens is 456 g/mol. The van der Waals surface area contributed by atoms with Crippen molar-refractivity contribution in [2.24, 2.45) is 5.92 Å². The van der Waals surface area contributed by atoms with Gasteiger partial charge in [0, 0.05) is 44.2 Å². The average molecular weight is 493 g/mol. The van der Waals surface area contributed by atoms with Gasteiger partial charge in [0.2, 0.25) is 5.88 Å². The van der Waals surface area contributed by atoms with Crippen LogP contribution in [-0.4, -0.2) is 77.3 Å². The molecule has 0 bridgehead atoms.